The molecule has 1 aromatic rings. The van der Waals surface area contributed by atoms with Crippen molar-refractivity contribution in [1.29, 1.82) is 0 Å². The fourth-order valence-electron chi connectivity index (χ4n) is 2.82. The van der Waals surface area contributed by atoms with Crippen LogP contribution in [0, 0.1) is 11.2 Å². The van der Waals surface area contributed by atoms with Crippen LogP contribution in [0.2, 0.25) is 0 Å². The molecule has 18 heavy (non-hydrogen) atoms. The van der Waals surface area contributed by atoms with Gasteiger partial charge in [0.05, 0.1) is 0 Å². The molecule has 1 N–H and O–H groups in total. The van der Waals surface area contributed by atoms with E-state index in [9.17, 15) is 4.39 Å². The standard InChI is InChI=1S/C15H23FN2/c1-15(2)7-4-8-18(11-15)14-6-5-13(16)9-12(14)10-17-3/h5-6,9,17H,4,7-8,10-11H2,1-3H3. The molecule has 100 valence electrons. The van der Waals surface area contributed by atoms with Crippen molar-refractivity contribution < 1.29 is 4.39 Å². The first-order valence-electron chi connectivity index (χ1n) is 6.70. The lowest BCUT2D eigenvalue weighted by Crippen LogP contribution is -2.40. The molecule has 3 heteroatoms. The van der Waals surface area contributed by atoms with Crippen LogP contribution < -0.4 is 10.2 Å². The fraction of sp³-hybridized carbons (Fsp3) is 0.600. The van der Waals surface area contributed by atoms with Gasteiger partial charge in [0.2, 0.25) is 0 Å². The molecule has 0 aromatic heterocycles. The van der Waals surface area contributed by atoms with Crippen molar-refractivity contribution in [1.82, 2.24) is 5.32 Å². The average Bonchev–Trinajstić information content (AvgIpc) is 2.28. The second-order valence-electron chi connectivity index (χ2n) is 5.99. The highest BCUT2D eigenvalue weighted by Crippen LogP contribution is 2.33. The summed E-state index contributed by atoms with van der Waals surface area (Å²) >= 11 is 0. The molecule has 1 saturated heterocycles. The van der Waals surface area contributed by atoms with Gasteiger partial charge >= 0.3 is 0 Å². The highest BCUT2D eigenvalue weighted by molar-refractivity contribution is 5.54. The molecule has 1 aliphatic rings. The predicted octanol–water partition coefficient (Wildman–Crippen LogP) is 3.17. The molecule has 0 amide bonds. The van der Waals surface area contributed by atoms with Gasteiger partial charge in [-0.05, 0) is 49.1 Å². The third-order valence-electron chi connectivity index (χ3n) is 3.65. The zero-order valence-corrected chi connectivity index (χ0v) is 11.6. The van der Waals surface area contributed by atoms with Crippen molar-refractivity contribution in [3.63, 3.8) is 0 Å². The summed E-state index contributed by atoms with van der Waals surface area (Å²) in [5, 5.41) is 3.12. The Morgan fingerprint density at radius 3 is 2.83 bits per heavy atom. The van der Waals surface area contributed by atoms with Gasteiger partial charge in [-0.1, -0.05) is 13.8 Å². The van der Waals surface area contributed by atoms with Gasteiger partial charge in [0.25, 0.3) is 0 Å². The van der Waals surface area contributed by atoms with Crippen LogP contribution in [0.15, 0.2) is 18.2 Å². The van der Waals surface area contributed by atoms with Gasteiger partial charge in [0.1, 0.15) is 5.82 Å². The molecular weight excluding hydrogens is 227 g/mol. The van der Waals surface area contributed by atoms with Crippen molar-refractivity contribution in [3.05, 3.63) is 29.6 Å². The first kappa shape index (κ1) is 13.3. The highest BCUT2D eigenvalue weighted by Gasteiger charge is 2.27. The van der Waals surface area contributed by atoms with E-state index in [-0.39, 0.29) is 5.82 Å². The second-order valence-corrected chi connectivity index (χ2v) is 5.99. The monoisotopic (exact) mass is 250 g/mol. The minimum absolute atomic E-state index is 0.153. The maximum atomic E-state index is 13.3. The Hall–Kier alpha value is -1.09. The Morgan fingerprint density at radius 2 is 2.17 bits per heavy atom. The molecule has 1 aliphatic heterocycles. The number of nitrogens with zero attached hydrogens (tertiary/aromatic N) is 1. The Bertz CT molecular complexity index is 415. The van der Waals surface area contributed by atoms with Crippen molar-refractivity contribution in [2.24, 2.45) is 5.41 Å². The van der Waals surface area contributed by atoms with Crippen LogP contribution in [0.3, 0.4) is 0 Å². The number of benzene rings is 1. The van der Waals surface area contributed by atoms with E-state index in [1.165, 1.54) is 18.5 Å². The van der Waals surface area contributed by atoms with Crippen molar-refractivity contribution in [2.75, 3.05) is 25.0 Å². The second kappa shape index (κ2) is 5.27. The van der Waals surface area contributed by atoms with E-state index in [0.29, 0.717) is 12.0 Å². The minimum Gasteiger partial charge on any atom is -0.371 e. The summed E-state index contributed by atoms with van der Waals surface area (Å²) in [6.45, 7) is 7.45. The molecule has 0 aliphatic carbocycles. The molecule has 0 bridgehead atoms. The largest absolute Gasteiger partial charge is 0.371 e. The van der Waals surface area contributed by atoms with E-state index in [1.54, 1.807) is 12.1 Å². The molecule has 0 unspecified atom stereocenters. The molecule has 0 atom stereocenters. The third kappa shape index (κ3) is 3.02. The quantitative estimate of drug-likeness (QED) is 0.886. The fourth-order valence-corrected chi connectivity index (χ4v) is 2.82. The lowest BCUT2D eigenvalue weighted by molar-refractivity contribution is 0.293. The molecule has 0 saturated carbocycles. The Balaban J connectivity index is 2.26. The summed E-state index contributed by atoms with van der Waals surface area (Å²) in [5.74, 6) is -0.153. The van der Waals surface area contributed by atoms with E-state index in [4.69, 9.17) is 0 Å². The number of anilines is 1. The summed E-state index contributed by atoms with van der Waals surface area (Å²) in [4.78, 5) is 2.40. The van der Waals surface area contributed by atoms with Crippen LogP contribution >= 0.6 is 0 Å². The highest BCUT2D eigenvalue weighted by atomic mass is 19.1. The lowest BCUT2D eigenvalue weighted by Gasteiger charge is -2.40. The molecule has 1 fully saturated rings. The SMILES string of the molecule is CNCc1cc(F)ccc1N1CCCC(C)(C)C1. The topological polar surface area (TPSA) is 15.3 Å². The zero-order chi connectivity index (χ0) is 13.2. The van der Waals surface area contributed by atoms with Crippen molar-refractivity contribution in [3.8, 4) is 0 Å². The lowest BCUT2D eigenvalue weighted by atomic mass is 9.84. The minimum atomic E-state index is -0.153. The number of halogens is 1. The summed E-state index contributed by atoms with van der Waals surface area (Å²) in [6, 6.07) is 5.13. The van der Waals surface area contributed by atoms with Gasteiger partial charge in [-0.3, -0.25) is 0 Å². The Morgan fingerprint density at radius 1 is 1.39 bits per heavy atom. The molecule has 0 radical (unpaired) electrons. The number of hydrogen-bond donors (Lipinski definition) is 1. The molecule has 1 heterocycles. The average molecular weight is 250 g/mol. The van der Waals surface area contributed by atoms with Gasteiger partial charge in [-0.2, -0.15) is 0 Å². The summed E-state index contributed by atoms with van der Waals surface area (Å²) < 4.78 is 13.3. The van der Waals surface area contributed by atoms with Gasteiger partial charge in [-0.15, -0.1) is 0 Å². The smallest absolute Gasteiger partial charge is 0.123 e. The van der Waals surface area contributed by atoms with E-state index in [1.807, 2.05) is 13.1 Å². The number of hydrogen-bond acceptors (Lipinski definition) is 2. The molecule has 2 rings (SSSR count). The van der Waals surface area contributed by atoms with Gasteiger partial charge in [-0.25, -0.2) is 4.39 Å². The molecule has 0 spiro atoms. The van der Waals surface area contributed by atoms with E-state index in [0.717, 1.165) is 18.7 Å². The zero-order valence-electron chi connectivity index (χ0n) is 11.6. The maximum absolute atomic E-state index is 13.3. The van der Waals surface area contributed by atoms with Crippen LogP contribution in [0.25, 0.3) is 0 Å². The van der Waals surface area contributed by atoms with Crippen LogP contribution in [0.5, 0.6) is 0 Å². The molecule has 1 aromatic carbocycles. The third-order valence-corrected chi connectivity index (χ3v) is 3.65. The Labute approximate surface area is 109 Å². The maximum Gasteiger partial charge on any atom is 0.123 e. The van der Waals surface area contributed by atoms with Crippen LogP contribution in [0.1, 0.15) is 32.3 Å². The van der Waals surface area contributed by atoms with Crippen LogP contribution in [-0.4, -0.2) is 20.1 Å². The van der Waals surface area contributed by atoms with E-state index >= 15 is 0 Å². The molecular formula is C15H23FN2. The van der Waals surface area contributed by atoms with Gasteiger partial charge in [0, 0.05) is 25.3 Å². The van der Waals surface area contributed by atoms with E-state index in [2.05, 4.69) is 24.1 Å². The van der Waals surface area contributed by atoms with Crippen molar-refractivity contribution >= 4 is 5.69 Å². The van der Waals surface area contributed by atoms with Crippen LogP contribution in [-0.2, 0) is 6.54 Å². The van der Waals surface area contributed by atoms with Crippen LogP contribution in [0.4, 0.5) is 10.1 Å². The first-order valence-corrected chi connectivity index (χ1v) is 6.70. The number of piperidine rings is 1. The number of nitrogens with one attached hydrogen (secondary N) is 1. The summed E-state index contributed by atoms with van der Waals surface area (Å²) in [6.07, 6.45) is 2.48. The molecule has 2 nitrogen and oxygen atoms in total. The van der Waals surface area contributed by atoms with E-state index < -0.39 is 0 Å². The van der Waals surface area contributed by atoms with Gasteiger partial charge < -0.3 is 10.2 Å². The Kier molecular flexibility index (Phi) is 3.91. The first-order chi connectivity index (χ1) is 8.52. The summed E-state index contributed by atoms with van der Waals surface area (Å²) in [7, 11) is 1.90. The van der Waals surface area contributed by atoms with Gasteiger partial charge in [0.15, 0.2) is 0 Å². The summed E-state index contributed by atoms with van der Waals surface area (Å²) in [5.41, 5.74) is 2.58. The normalized spacial score (nSPS) is 19.0. The van der Waals surface area contributed by atoms with Crippen molar-refractivity contribution in [2.45, 2.75) is 33.2 Å². The number of rotatable bonds is 3. The predicted molar refractivity (Wildman–Crippen MR) is 74.4 cm³/mol.